The molecule has 2 aliphatic heterocycles. The number of likely N-dealkylation sites (tertiary alicyclic amines) is 1. The van der Waals surface area contributed by atoms with Crippen LogP contribution in [-0.4, -0.2) is 38.5 Å². The van der Waals surface area contributed by atoms with E-state index in [0.717, 1.165) is 46.2 Å². The topological polar surface area (TPSA) is 54.3 Å². The van der Waals surface area contributed by atoms with Crippen molar-refractivity contribution in [2.75, 3.05) is 24.2 Å². The molecule has 146 valence electrons. The van der Waals surface area contributed by atoms with Gasteiger partial charge in [0.25, 0.3) is 5.56 Å². The summed E-state index contributed by atoms with van der Waals surface area (Å²) in [5.41, 5.74) is 1.95. The van der Waals surface area contributed by atoms with Crippen LogP contribution in [0.2, 0.25) is 0 Å². The molecule has 0 aliphatic carbocycles. The minimum absolute atomic E-state index is 0.0756. The molecule has 4 rings (SSSR count). The third-order valence-corrected chi connectivity index (χ3v) is 7.43. The molecule has 28 heavy (non-hydrogen) atoms. The Labute approximate surface area is 181 Å². The SMILES string of the molecule is O=C(CSC(=S)N1C[C@@H]2C[C@@H](C1)c1cccc(=O)n1C2)Nc1ccccc1Br. The molecule has 1 saturated heterocycles. The van der Waals surface area contributed by atoms with E-state index < -0.39 is 0 Å². The van der Waals surface area contributed by atoms with E-state index in [1.807, 2.05) is 41.0 Å². The van der Waals surface area contributed by atoms with Crippen molar-refractivity contribution in [3.8, 4) is 0 Å². The van der Waals surface area contributed by atoms with Crippen molar-refractivity contribution < 1.29 is 4.79 Å². The second-order valence-corrected chi connectivity index (χ2v) is 9.65. The van der Waals surface area contributed by atoms with Crippen molar-refractivity contribution in [2.45, 2.75) is 18.9 Å². The molecule has 1 aromatic carbocycles. The first-order chi connectivity index (χ1) is 13.5. The number of nitrogens with zero attached hydrogens (tertiary/aromatic N) is 2. The number of thiocarbonyl (C=S) groups is 1. The van der Waals surface area contributed by atoms with E-state index >= 15 is 0 Å². The van der Waals surface area contributed by atoms with Gasteiger partial charge < -0.3 is 14.8 Å². The number of hydrogen-bond acceptors (Lipinski definition) is 4. The van der Waals surface area contributed by atoms with Crippen molar-refractivity contribution in [1.82, 2.24) is 9.47 Å². The molecule has 2 aromatic rings. The molecule has 1 fully saturated rings. The summed E-state index contributed by atoms with van der Waals surface area (Å²) in [7, 11) is 0. The smallest absolute Gasteiger partial charge is 0.250 e. The predicted molar refractivity (Wildman–Crippen MR) is 121 cm³/mol. The molecule has 2 bridgehead atoms. The number of hydrogen-bond donors (Lipinski definition) is 1. The highest BCUT2D eigenvalue weighted by atomic mass is 79.9. The van der Waals surface area contributed by atoms with Gasteiger partial charge in [-0.25, -0.2) is 0 Å². The highest BCUT2D eigenvalue weighted by Crippen LogP contribution is 2.36. The first kappa shape index (κ1) is 19.7. The maximum Gasteiger partial charge on any atom is 0.250 e. The van der Waals surface area contributed by atoms with Gasteiger partial charge in [0, 0.05) is 41.8 Å². The molecule has 8 heteroatoms. The largest absolute Gasteiger partial charge is 0.356 e. The second kappa shape index (κ2) is 8.39. The maximum absolute atomic E-state index is 12.3. The average Bonchev–Trinajstić information content (AvgIpc) is 2.68. The Morgan fingerprint density at radius 3 is 2.82 bits per heavy atom. The number of nitrogens with one attached hydrogen (secondary N) is 1. The van der Waals surface area contributed by atoms with Crippen molar-refractivity contribution in [1.29, 1.82) is 0 Å². The fraction of sp³-hybridized carbons (Fsp3) is 0.350. The number of rotatable bonds is 3. The minimum atomic E-state index is -0.0756. The van der Waals surface area contributed by atoms with E-state index in [1.165, 1.54) is 11.8 Å². The molecule has 2 aliphatic rings. The summed E-state index contributed by atoms with van der Waals surface area (Å²) < 4.78 is 3.52. The zero-order valence-corrected chi connectivity index (χ0v) is 18.4. The number of aromatic nitrogens is 1. The van der Waals surface area contributed by atoms with Crippen molar-refractivity contribution >= 4 is 55.8 Å². The van der Waals surface area contributed by atoms with Crippen LogP contribution in [0.25, 0.3) is 0 Å². The summed E-state index contributed by atoms with van der Waals surface area (Å²) >= 11 is 10.5. The molecule has 0 unspecified atom stereocenters. The van der Waals surface area contributed by atoms with Crippen LogP contribution in [0.5, 0.6) is 0 Å². The van der Waals surface area contributed by atoms with Gasteiger partial charge in [-0.05, 0) is 46.5 Å². The fourth-order valence-electron chi connectivity index (χ4n) is 4.01. The third-order valence-electron chi connectivity index (χ3n) is 5.21. The molecule has 5 nitrogen and oxygen atoms in total. The highest BCUT2D eigenvalue weighted by Gasteiger charge is 2.35. The zero-order valence-electron chi connectivity index (χ0n) is 15.1. The van der Waals surface area contributed by atoms with Gasteiger partial charge in [0.1, 0.15) is 4.32 Å². The Morgan fingerprint density at radius 2 is 2.00 bits per heavy atom. The molecule has 2 atom stereocenters. The first-order valence-electron chi connectivity index (χ1n) is 9.17. The van der Waals surface area contributed by atoms with Crippen molar-refractivity contribution in [3.63, 3.8) is 0 Å². The van der Waals surface area contributed by atoms with Crippen LogP contribution >= 0.6 is 39.9 Å². The molecular weight excluding hydrogens is 458 g/mol. The number of fused-ring (bicyclic) bond motifs is 4. The standard InChI is InChI=1S/C20H20BrN3O2S2/c21-15-4-1-2-5-16(15)22-18(25)12-28-20(27)23-9-13-8-14(11-23)17-6-3-7-19(26)24(17)10-13/h1-7,13-14H,8-12H2,(H,22,25)/t13-,14-/m0/s1. The summed E-state index contributed by atoms with van der Waals surface area (Å²) in [4.78, 5) is 26.6. The third kappa shape index (κ3) is 4.18. The van der Waals surface area contributed by atoms with Crippen LogP contribution in [0, 0.1) is 5.92 Å². The van der Waals surface area contributed by atoms with Crippen LogP contribution in [0.1, 0.15) is 18.0 Å². The van der Waals surface area contributed by atoms with E-state index in [0.29, 0.717) is 11.8 Å². The lowest BCUT2D eigenvalue weighted by atomic mass is 9.83. The lowest BCUT2D eigenvalue weighted by molar-refractivity contribution is -0.113. The molecule has 0 spiro atoms. The number of para-hydroxylation sites is 1. The lowest BCUT2D eigenvalue weighted by Crippen LogP contribution is -2.48. The number of carbonyl (C=O) groups excluding carboxylic acids is 1. The maximum atomic E-state index is 12.3. The summed E-state index contributed by atoms with van der Waals surface area (Å²) in [6.45, 7) is 2.39. The van der Waals surface area contributed by atoms with E-state index in [4.69, 9.17) is 12.2 Å². The van der Waals surface area contributed by atoms with E-state index in [9.17, 15) is 9.59 Å². The van der Waals surface area contributed by atoms with Crippen LogP contribution in [-0.2, 0) is 11.3 Å². The Morgan fingerprint density at radius 1 is 1.18 bits per heavy atom. The monoisotopic (exact) mass is 477 g/mol. The zero-order chi connectivity index (χ0) is 19.7. The van der Waals surface area contributed by atoms with Gasteiger partial charge in [0.05, 0.1) is 11.4 Å². The van der Waals surface area contributed by atoms with E-state index in [-0.39, 0.29) is 17.2 Å². The number of carbonyl (C=O) groups is 1. The molecule has 1 aromatic heterocycles. The van der Waals surface area contributed by atoms with Gasteiger partial charge in [-0.2, -0.15) is 0 Å². The Balaban J connectivity index is 1.36. The summed E-state index contributed by atoms with van der Waals surface area (Å²) in [5, 5.41) is 2.90. The van der Waals surface area contributed by atoms with Gasteiger partial charge in [0.15, 0.2) is 0 Å². The molecule has 0 saturated carbocycles. The van der Waals surface area contributed by atoms with Gasteiger partial charge in [-0.3, -0.25) is 9.59 Å². The van der Waals surface area contributed by atoms with Gasteiger partial charge in [0.2, 0.25) is 5.91 Å². The van der Waals surface area contributed by atoms with Crippen molar-refractivity contribution in [3.05, 3.63) is 63.0 Å². The molecule has 3 heterocycles. The van der Waals surface area contributed by atoms with Crippen LogP contribution < -0.4 is 10.9 Å². The normalized spacial score (nSPS) is 20.4. The van der Waals surface area contributed by atoms with Gasteiger partial charge in [-0.15, -0.1) is 0 Å². The highest BCUT2D eigenvalue weighted by molar-refractivity contribution is 9.10. The van der Waals surface area contributed by atoms with Gasteiger partial charge >= 0.3 is 0 Å². The molecule has 0 radical (unpaired) electrons. The second-order valence-electron chi connectivity index (χ2n) is 7.19. The number of anilines is 1. The average molecular weight is 478 g/mol. The molecule has 1 amide bonds. The summed E-state index contributed by atoms with van der Waals surface area (Å²) in [6, 6.07) is 13.1. The Bertz CT molecular complexity index is 978. The minimum Gasteiger partial charge on any atom is -0.356 e. The molecule has 1 N–H and O–H groups in total. The Hall–Kier alpha value is -1.64. The Kier molecular flexibility index (Phi) is 5.89. The number of thioether (sulfide) groups is 1. The predicted octanol–water partition coefficient (Wildman–Crippen LogP) is 3.69. The quantitative estimate of drug-likeness (QED) is 0.683. The van der Waals surface area contributed by atoms with Crippen LogP contribution in [0.3, 0.4) is 0 Å². The van der Waals surface area contributed by atoms with Gasteiger partial charge in [-0.1, -0.05) is 42.2 Å². The summed E-state index contributed by atoms with van der Waals surface area (Å²) in [5.74, 6) is 0.934. The number of benzene rings is 1. The molecular formula is C20H20BrN3O2S2. The fourth-order valence-corrected chi connectivity index (χ4v) is 5.38. The number of pyridine rings is 1. The van der Waals surface area contributed by atoms with Crippen LogP contribution in [0.15, 0.2) is 51.7 Å². The lowest BCUT2D eigenvalue weighted by Gasteiger charge is -2.43. The summed E-state index contributed by atoms with van der Waals surface area (Å²) in [6.07, 6.45) is 1.09. The number of halogens is 1. The number of piperidine rings is 1. The first-order valence-corrected chi connectivity index (χ1v) is 11.4. The van der Waals surface area contributed by atoms with E-state index in [1.54, 1.807) is 6.07 Å². The van der Waals surface area contributed by atoms with Crippen molar-refractivity contribution in [2.24, 2.45) is 5.92 Å². The van der Waals surface area contributed by atoms with Crippen LogP contribution in [0.4, 0.5) is 5.69 Å². The number of amides is 1. The van der Waals surface area contributed by atoms with E-state index in [2.05, 4.69) is 26.1 Å².